The van der Waals surface area contributed by atoms with Gasteiger partial charge >= 0.3 is 0 Å². The molecule has 1 nitrogen and oxygen atoms in total. The second-order valence-electron chi connectivity index (χ2n) is 4.76. The molecule has 0 aliphatic carbocycles. The predicted octanol–water partition coefficient (Wildman–Crippen LogP) is 3.26. The van der Waals surface area contributed by atoms with Crippen LogP contribution in [-0.4, -0.2) is 14.4 Å². The molecule has 0 rings (SSSR count). The van der Waals surface area contributed by atoms with E-state index in [4.69, 9.17) is 0 Å². The maximum absolute atomic E-state index is 10.4. The van der Waals surface area contributed by atoms with Gasteiger partial charge in [0.1, 0.15) is 14.4 Å². The zero-order chi connectivity index (χ0) is 11.0. The highest BCUT2D eigenvalue weighted by Gasteiger charge is 2.09. The third-order valence-electron chi connectivity index (χ3n) is 1.94. The number of unbranched alkanes of at least 4 members (excludes halogenated alkanes) is 1. The van der Waals surface area contributed by atoms with Gasteiger partial charge in [-0.25, -0.2) is 0 Å². The summed E-state index contributed by atoms with van der Waals surface area (Å²) in [4.78, 5) is 10.4. The van der Waals surface area contributed by atoms with Gasteiger partial charge in [-0.1, -0.05) is 39.4 Å². The molecule has 0 aliphatic rings. The van der Waals surface area contributed by atoms with Crippen molar-refractivity contribution in [3.63, 3.8) is 0 Å². The maximum Gasteiger partial charge on any atom is 0.129 e. The molecule has 0 saturated heterocycles. The molecule has 80 valence electrons. The quantitative estimate of drug-likeness (QED) is 0.387. The number of carbonyl (C=O) groups excluding carboxylic acids is 1. The molecule has 0 aromatic heterocycles. The van der Waals surface area contributed by atoms with E-state index in [1.54, 1.807) is 0 Å². The normalized spacial score (nSPS) is 12.9. The van der Waals surface area contributed by atoms with E-state index in [1.165, 1.54) is 12.8 Å². The van der Waals surface area contributed by atoms with Crippen LogP contribution in [0.15, 0.2) is 0 Å². The molecule has 0 N–H and O–H groups in total. The van der Waals surface area contributed by atoms with Crippen molar-refractivity contribution in [1.82, 2.24) is 0 Å². The van der Waals surface area contributed by atoms with Crippen LogP contribution in [0.3, 0.4) is 0 Å². The van der Waals surface area contributed by atoms with Gasteiger partial charge in [0, 0.05) is 12.3 Å². The van der Waals surface area contributed by atoms with Crippen molar-refractivity contribution in [1.29, 1.82) is 0 Å². The molecule has 0 heterocycles. The molecule has 0 aliphatic heterocycles. The van der Waals surface area contributed by atoms with E-state index >= 15 is 0 Å². The molecule has 0 radical (unpaired) electrons. The lowest BCUT2D eigenvalue weighted by molar-refractivity contribution is -0.108. The fourth-order valence-electron chi connectivity index (χ4n) is 1.13. The summed E-state index contributed by atoms with van der Waals surface area (Å²) >= 11 is 0. The van der Waals surface area contributed by atoms with E-state index in [0.717, 1.165) is 12.7 Å². The molecule has 0 aromatic carbocycles. The number of hydrogen-bond donors (Lipinski definition) is 0. The van der Waals surface area contributed by atoms with Gasteiger partial charge in [0.15, 0.2) is 0 Å². The Labute approximate surface area is 89.3 Å². The predicted molar refractivity (Wildman–Crippen MR) is 64.8 cm³/mol. The molecule has 14 heavy (non-hydrogen) atoms. The smallest absolute Gasteiger partial charge is 0.129 e. The Bertz CT molecular complexity index is 217. The molecular formula is C12H22OSi. The van der Waals surface area contributed by atoms with Crippen molar-refractivity contribution in [2.24, 2.45) is 5.92 Å². The lowest BCUT2D eigenvalue weighted by atomic mass is 10.0. The summed E-state index contributed by atoms with van der Waals surface area (Å²) in [5, 5.41) is 0. The monoisotopic (exact) mass is 210 g/mol. The first kappa shape index (κ1) is 13.4. The Morgan fingerprint density at radius 1 is 1.36 bits per heavy atom. The largest absolute Gasteiger partial charge is 0.303 e. The zero-order valence-electron chi connectivity index (χ0n) is 9.89. The molecule has 0 amide bonds. The summed E-state index contributed by atoms with van der Waals surface area (Å²) in [6.45, 7) is 8.87. The van der Waals surface area contributed by atoms with Crippen LogP contribution >= 0.6 is 0 Å². The summed E-state index contributed by atoms with van der Waals surface area (Å²) in [7, 11) is -1.27. The molecule has 0 bridgehead atoms. The van der Waals surface area contributed by atoms with Crippen LogP contribution in [0.5, 0.6) is 0 Å². The van der Waals surface area contributed by atoms with E-state index in [2.05, 4.69) is 38.0 Å². The second-order valence-corrected chi connectivity index (χ2v) is 9.51. The molecule has 0 saturated carbocycles. The maximum atomic E-state index is 10.4. The molecule has 0 aromatic rings. The summed E-state index contributed by atoms with van der Waals surface area (Å²) in [5.74, 6) is 3.58. The highest BCUT2D eigenvalue weighted by molar-refractivity contribution is 6.83. The Morgan fingerprint density at radius 2 is 2.00 bits per heavy atom. The van der Waals surface area contributed by atoms with Crippen LogP contribution in [0, 0.1) is 17.4 Å². The van der Waals surface area contributed by atoms with Crippen LogP contribution in [-0.2, 0) is 4.79 Å². The molecule has 0 spiro atoms. The van der Waals surface area contributed by atoms with Gasteiger partial charge in [-0.05, 0) is 6.42 Å². The van der Waals surface area contributed by atoms with E-state index < -0.39 is 8.07 Å². The van der Waals surface area contributed by atoms with E-state index in [9.17, 15) is 4.79 Å². The topological polar surface area (TPSA) is 17.1 Å². The summed E-state index contributed by atoms with van der Waals surface area (Å²) < 4.78 is 0. The Morgan fingerprint density at radius 3 is 2.43 bits per heavy atom. The highest BCUT2D eigenvalue weighted by atomic mass is 28.3. The minimum absolute atomic E-state index is 0.305. The van der Waals surface area contributed by atoms with Crippen molar-refractivity contribution in [3.05, 3.63) is 0 Å². The van der Waals surface area contributed by atoms with E-state index in [0.29, 0.717) is 12.3 Å². The summed E-state index contributed by atoms with van der Waals surface area (Å²) in [6.07, 6.45) is 5.05. The number of rotatable bonds is 5. The molecule has 1 atom stereocenters. The average molecular weight is 210 g/mol. The standard InChI is InChI=1S/C12H22OSi/c1-5-6-7-12(8-10-13)9-11-14(2,3)4/h10,12H,5-8H2,1-4H3. The third kappa shape index (κ3) is 8.06. The van der Waals surface area contributed by atoms with Crippen molar-refractivity contribution in [2.75, 3.05) is 0 Å². The number of aldehydes is 1. The minimum atomic E-state index is -1.27. The van der Waals surface area contributed by atoms with Gasteiger partial charge in [0.05, 0.1) is 0 Å². The first-order valence-corrected chi connectivity index (χ1v) is 8.96. The molecule has 2 heteroatoms. The summed E-state index contributed by atoms with van der Waals surface area (Å²) in [5.41, 5.74) is 3.35. The summed E-state index contributed by atoms with van der Waals surface area (Å²) in [6, 6.07) is 0. The van der Waals surface area contributed by atoms with Crippen LogP contribution in [0.2, 0.25) is 19.6 Å². The fourth-order valence-corrected chi connectivity index (χ4v) is 1.77. The fraction of sp³-hybridized carbons (Fsp3) is 0.750. The molecule has 0 fully saturated rings. The lowest BCUT2D eigenvalue weighted by Gasteiger charge is -2.08. The van der Waals surface area contributed by atoms with Gasteiger partial charge < -0.3 is 4.79 Å². The van der Waals surface area contributed by atoms with Crippen molar-refractivity contribution < 1.29 is 4.79 Å². The van der Waals surface area contributed by atoms with E-state index in [1.807, 2.05) is 0 Å². The van der Waals surface area contributed by atoms with Crippen LogP contribution in [0.25, 0.3) is 0 Å². The average Bonchev–Trinajstić information content (AvgIpc) is 2.08. The zero-order valence-corrected chi connectivity index (χ0v) is 10.9. The number of carbonyl (C=O) groups is 1. The van der Waals surface area contributed by atoms with Crippen LogP contribution in [0.4, 0.5) is 0 Å². The third-order valence-corrected chi connectivity index (χ3v) is 2.83. The van der Waals surface area contributed by atoms with Gasteiger partial charge in [-0.2, -0.15) is 0 Å². The Hall–Kier alpha value is -0.553. The van der Waals surface area contributed by atoms with Gasteiger partial charge in [0.25, 0.3) is 0 Å². The van der Waals surface area contributed by atoms with Crippen molar-refractivity contribution in [2.45, 2.75) is 52.2 Å². The SMILES string of the molecule is CCCCC(C#C[Si](C)(C)C)CC=O. The van der Waals surface area contributed by atoms with Gasteiger partial charge in [-0.15, -0.1) is 11.5 Å². The van der Waals surface area contributed by atoms with Crippen molar-refractivity contribution >= 4 is 14.4 Å². The molecule has 1 unspecified atom stereocenters. The Balaban J connectivity index is 4.18. The lowest BCUT2D eigenvalue weighted by Crippen LogP contribution is -2.17. The first-order chi connectivity index (χ1) is 6.49. The van der Waals surface area contributed by atoms with Crippen molar-refractivity contribution in [3.8, 4) is 11.5 Å². The highest BCUT2D eigenvalue weighted by Crippen LogP contribution is 2.11. The van der Waals surface area contributed by atoms with Gasteiger partial charge in [0.2, 0.25) is 0 Å². The molecular weight excluding hydrogens is 188 g/mol. The minimum Gasteiger partial charge on any atom is -0.303 e. The van der Waals surface area contributed by atoms with Crippen LogP contribution in [0.1, 0.15) is 32.6 Å². The van der Waals surface area contributed by atoms with Crippen LogP contribution < -0.4 is 0 Å². The Kier molecular flexibility index (Phi) is 6.57. The number of hydrogen-bond acceptors (Lipinski definition) is 1. The van der Waals surface area contributed by atoms with E-state index in [-0.39, 0.29) is 0 Å². The van der Waals surface area contributed by atoms with Gasteiger partial charge in [-0.3, -0.25) is 0 Å². The first-order valence-electron chi connectivity index (χ1n) is 5.46. The second kappa shape index (κ2) is 6.84.